The molecular formula is C34H54N2O4. The van der Waals surface area contributed by atoms with Gasteiger partial charge in [-0.2, -0.15) is 0 Å². The normalized spacial score (nSPS) is 20.2. The van der Waals surface area contributed by atoms with E-state index >= 15 is 0 Å². The minimum absolute atomic E-state index is 0.413. The van der Waals surface area contributed by atoms with Crippen molar-refractivity contribution in [2.45, 2.75) is 103 Å². The molecule has 0 amide bonds. The van der Waals surface area contributed by atoms with Gasteiger partial charge in [-0.15, -0.1) is 0 Å². The van der Waals surface area contributed by atoms with Gasteiger partial charge >= 0.3 is 0 Å². The van der Waals surface area contributed by atoms with Crippen LogP contribution >= 0.6 is 0 Å². The highest BCUT2D eigenvalue weighted by molar-refractivity contribution is 5.59. The highest BCUT2D eigenvalue weighted by Gasteiger charge is 2.52. The van der Waals surface area contributed by atoms with Crippen molar-refractivity contribution in [3.8, 4) is 11.5 Å². The lowest BCUT2D eigenvalue weighted by atomic mass is 9.63. The van der Waals surface area contributed by atoms with Gasteiger partial charge < -0.3 is 29.5 Å². The summed E-state index contributed by atoms with van der Waals surface area (Å²) < 4.78 is 11.6. The number of ether oxygens (including phenoxy) is 2. The maximum Gasteiger partial charge on any atom is 0.124 e. The van der Waals surface area contributed by atoms with Crippen molar-refractivity contribution < 1.29 is 19.7 Å². The van der Waals surface area contributed by atoms with Crippen molar-refractivity contribution in [2.24, 2.45) is 0 Å². The largest absolute Gasteiger partial charge is 0.496 e. The van der Waals surface area contributed by atoms with Crippen LogP contribution < -0.4 is 19.3 Å². The third kappa shape index (κ3) is 7.44. The van der Waals surface area contributed by atoms with Crippen molar-refractivity contribution in [1.82, 2.24) is 0 Å². The molecule has 2 aromatic rings. The van der Waals surface area contributed by atoms with Crippen molar-refractivity contribution in [3.05, 3.63) is 47.5 Å². The fraction of sp³-hybridized carbons (Fsp3) is 0.647. The Morgan fingerprint density at radius 3 is 1.18 bits per heavy atom. The van der Waals surface area contributed by atoms with Crippen LogP contribution in [0, 0.1) is 0 Å². The third-order valence-corrected chi connectivity index (χ3v) is 8.48. The van der Waals surface area contributed by atoms with E-state index in [-0.39, 0.29) is 0 Å². The van der Waals surface area contributed by atoms with Crippen LogP contribution in [0.2, 0.25) is 0 Å². The zero-order valence-electron chi connectivity index (χ0n) is 25.9. The number of anilines is 2. The molecule has 2 aromatic carbocycles. The molecule has 0 bridgehead atoms. The molecule has 0 spiro atoms. The summed E-state index contributed by atoms with van der Waals surface area (Å²) in [7, 11) is 3.34. The van der Waals surface area contributed by atoms with Crippen LogP contribution in [-0.2, 0) is 0 Å². The SMILES string of the molecule is CCCCN(CCCC)c1ccc(C2C(O)C(c3ccc(N(CCCC)CCCC)cc3OC)C2O)c(OC)c1. The molecule has 2 N–H and O–H groups in total. The summed E-state index contributed by atoms with van der Waals surface area (Å²) in [5.74, 6) is 0.621. The molecule has 6 nitrogen and oxygen atoms in total. The standard InChI is InChI=1S/C34H54N2O4/c1-7-11-19-35(20-12-8-2)25-15-17-27(29(23-25)39-5)31-33(37)32(34(31)38)28-18-16-26(24-30(28)40-6)36(21-13-9-3)22-14-10-4/h15-18,23-24,31-34,37-38H,7-14,19-22H2,1-6H3. The number of unbranched alkanes of at least 4 members (excludes halogenated alkanes) is 4. The molecule has 3 rings (SSSR count). The Morgan fingerprint density at radius 1 is 0.575 bits per heavy atom. The van der Waals surface area contributed by atoms with Gasteiger partial charge in [-0.3, -0.25) is 0 Å². The first-order valence-corrected chi connectivity index (χ1v) is 15.7. The molecule has 0 aliphatic heterocycles. The molecule has 6 heteroatoms. The molecular weight excluding hydrogens is 500 g/mol. The van der Waals surface area contributed by atoms with E-state index in [0.717, 1.165) is 112 Å². The Hall–Kier alpha value is -2.44. The summed E-state index contributed by atoms with van der Waals surface area (Å²) in [6.07, 6.45) is 7.72. The van der Waals surface area contributed by atoms with Crippen LogP contribution in [0.5, 0.6) is 11.5 Å². The third-order valence-electron chi connectivity index (χ3n) is 8.48. The van der Waals surface area contributed by atoms with E-state index in [9.17, 15) is 10.2 Å². The summed E-state index contributed by atoms with van der Waals surface area (Å²) in [5.41, 5.74) is 3.98. The average Bonchev–Trinajstić information content (AvgIpc) is 2.98. The second-order valence-corrected chi connectivity index (χ2v) is 11.3. The Bertz CT molecular complexity index is 923. The molecule has 1 aliphatic carbocycles. The van der Waals surface area contributed by atoms with Gasteiger partial charge in [0.1, 0.15) is 11.5 Å². The number of rotatable bonds is 18. The highest BCUT2D eigenvalue weighted by Crippen LogP contribution is 2.52. The molecule has 0 heterocycles. The fourth-order valence-electron chi connectivity index (χ4n) is 5.92. The van der Waals surface area contributed by atoms with Gasteiger partial charge in [0.05, 0.1) is 26.4 Å². The van der Waals surface area contributed by atoms with E-state index in [2.05, 4.69) is 61.8 Å². The molecule has 40 heavy (non-hydrogen) atoms. The first kappa shape index (κ1) is 32.1. The van der Waals surface area contributed by atoms with Gasteiger partial charge in [0, 0.05) is 72.6 Å². The quantitative estimate of drug-likeness (QED) is 0.205. The van der Waals surface area contributed by atoms with Crippen LogP contribution in [0.25, 0.3) is 0 Å². The van der Waals surface area contributed by atoms with Gasteiger partial charge in [0.2, 0.25) is 0 Å². The number of hydrogen-bond acceptors (Lipinski definition) is 6. The smallest absolute Gasteiger partial charge is 0.124 e. The van der Waals surface area contributed by atoms with Crippen molar-refractivity contribution >= 4 is 11.4 Å². The van der Waals surface area contributed by atoms with Crippen molar-refractivity contribution in [1.29, 1.82) is 0 Å². The molecule has 0 atom stereocenters. The topological polar surface area (TPSA) is 65.4 Å². The number of aliphatic hydroxyl groups excluding tert-OH is 2. The van der Waals surface area contributed by atoms with E-state index < -0.39 is 24.0 Å². The number of nitrogens with zero attached hydrogens (tertiary/aromatic N) is 2. The minimum atomic E-state index is -0.734. The fourth-order valence-corrected chi connectivity index (χ4v) is 5.92. The predicted octanol–water partition coefficient (Wildman–Crippen LogP) is 7.12. The Labute approximate surface area is 243 Å². The molecule has 224 valence electrons. The Kier molecular flexibility index (Phi) is 12.9. The van der Waals surface area contributed by atoms with Gasteiger partial charge in [-0.05, 0) is 37.8 Å². The molecule has 1 fully saturated rings. The van der Waals surface area contributed by atoms with Gasteiger partial charge in [-0.25, -0.2) is 0 Å². The minimum Gasteiger partial charge on any atom is -0.496 e. The zero-order chi connectivity index (χ0) is 29.1. The Balaban J connectivity index is 1.83. The number of aliphatic hydroxyl groups is 2. The van der Waals surface area contributed by atoms with Crippen LogP contribution in [0.4, 0.5) is 11.4 Å². The van der Waals surface area contributed by atoms with E-state index in [1.807, 2.05) is 12.1 Å². The maximum absolute atomic E-state index is 11.4. The van der Waals surface area contributed by atoms with Gasteiger partial charge in [-0.1, -0.05) is 65.5 Å². The first-order chi connectivity index (χ1) is 19.4. The summed E-state index contributed by atoms with van der Waals surface area (Å²) in [4.78, 5) is 4.85. The summed E-state index contributed by atoms with van der Waals surface area (Å²) in [6.45, 7) is 12.9. The maximum atomic E-state index is 11.4. The van der Waals surface area contributed by atoms with E-state index in [1.165, 1.54) is 0 Å². The van der Waals surface area contributed by atoms with Gasteiger partial charge in [0.15, 0.2) is 0 Å². The molecule has 1 aliphatic rings. The van der Waals surface area contributed by atoms with Crippen LogP contribution in [-0.4, -0.2) is 62.8 Å². The molecule has 0 unspecified atom stereocenters. The van der Waals surface area contributed by atoms with E-state index in [4.69, 9.17) is 9.47 Å². The second-order valence-electron chi connectivity index (χ2n) is 11.3. The lowest BCUT2D eigenvalue weighted by molar-refractivity contribution is -0.0797. The monoisotopic (exact) mass is 554 g/mol. The highest BCUT2D eigenvalue weighted by atomic mass is 16.5. The molecule has 1 saturated carbocycles. The Morgan fingerprint density at radius 2 is 0.900 bits per heavy atom. The van der Waals surface area contributed by atoms with E-state index in [0.29, 0.717) is 0 Å². The number of methoxy groups -OCH3 is 2. The average molecular weight is 555 g/mol. The number of benzene rings is 2. The molecule has 0 aromatic heterocycles. The van der Waals surface area contributed by atoms with E-state index in [1.54, 1.807) is 14.2 Å². The van der Waals surface area contributed by atoms with Crippen molar-refractivity contribution in [3.63, 3.8) is 0 Å². The summed E-state index contributed by atoms with van der Waals surface area (Å²) >= 11 is 0. The van der Waals surface area contributed by atoms with Crippen LogP contribution in [0.3, 0.4) is 0 Å². The molecule has 0 radical (unpaired) electrons. The first-order valence-electron chi connectivity index (χ1n) is 15.7. The lowest BCUT2D eigenvalue weighted by Crippen LogP contribution is -2.51. The number of hydrogen-bond donors (Lipinski definition) is 2. The predicted molar refractivity (Wildman–Crippen MR) is 168 cm³/mol. The molecule has 0 saturated heterocycles. The summed E-state index contributed by atoms with van der Waals surface area (Å²) in [5, 5.41) is 22.8. The zero-order valence-corrected chi connectivity index (χ0v) is 25.9. The van der Waals surface area contributed by atoms with Crippen LogP contribution in [0.15, 0.2) is 36.4 Å². The summed E-state index contributed by atoms with van der Waals surface area (Å²) in [6, 6.07) is 12.4. The van der Waals surface area contributed by atoms with Crippen LogP contribution in [0.1, 0.15) is 102 Å². The van der Waals surface area contributed by atoms with Crippen molar-refractivity contribution in [2.75, 3.05) is 50.2 Å². The van der Waals surface area contributed by atoms with Gasteiger partial charge in [0.25, 0.3) is 0 Å². The lowest BCUT2D eigenvalue weighted by Gasteiger charge is -2.47. The second kappa shape index (κ2) is 16.1.